The molecule has 4 rings (SSSR count). The summed E-state index contributed by atoms with van der Waals surface area (Å²) >= 11 is 1.67. The first kappa shape index (κ1) is 21.5. The number of aromatic hydroxyl groups is 1. The Morgan fingerprint density at radius 3 is 2.39 bits per heavy atom. The molecule has 164 valence electrons. The van der Waals surface area contributed by atoms with Gasteiger partial charge in [-0.15, -0.1) is 11.8 Å². The van der Waals surface area contributed by atoms with E-state index < -0.39 is 11.8 Å². The van der Waals surface area contributed by atoms with Gasteiger partial charge >= 0.3 is 0 Å². The second-order valence-corrected chi connectivity index (χ2v) is 8.55. The molecule has 2 N–H and O–H groups in total. The van der Waals surface area contributed by atoms with Crippen LogP contribution in [0.25, 0.3) is 10.9 Å². The van der Waals surface area contributed by atoms with Crippen LogP contribution in [0.3, 0.4) is 0 Å². The van der Waals surface area contributed by atoms with E-state index in [0.717, 1.165) is 32.8 Å². The zero-order chi connectivity index (χ0) is 22.1. The van der Waals surface area contributed by atoms with E-state index in [1.54, 1.807) is 22.7 Å². The molecule has 0 saturated carbocycles. The second-order valence-electron chi connectivity index (χ2n) is 7.73. The smallest absolute Gasteiger partial charge is 0.254 e. The maximum atomic E-state index is 12.5. The molecular formula is C22H26N4O4S. The summed E-state index contributed by atoms with van der Waals surface area (Å²) in [5.41, 5.74) is 3.10. The van der Waals surface area contributed by atoms with Crippen molar-refractivity contribution < 1.29 is 19.5 Å². The summed E-state index contributed by atoms with van der Waals surface area (Å²) in [6.07, 6.45) is 5.33. The minimum Gasteiger partial charge on any atom is -0.508 e. The van der Waals surface area contributed by atoms with Crippen molar-refractivity contribution in [1.82, 2.24) is 19.7 Å². The van der Waals surface area contributed by atoms with Crippen LogP contribution < -0.4 is 0 Å². The van der Waals surface area contributed by atoms with Crippen LogP contribution in [0.4, 0.5) is 0 Å². The quantitative estimate of drug-likeness (QED) is 0.522. The molecule has 2 aliphatic heterocycles. The Bertz CT molecular complexity index is 1050. The maximum Gasteiger partial charge on any atom is 0.254 e. The zero-order valence-electron chi connectivity index (χ0n) is 17.7. The fraction of sp³-hybridized carbons (Fsp3) is 0.409. The van der Waals surface area contributed by atoms with Crippen molar-refractivity contribution in [2.24, 2.45) is 0 Å². The third kappa shape index (κ3) is 4.07. The van der Waals surface area contributed by atoms with Crippen LogP contribution in [-0.2, 0) is 27.3 Å². The van der Waals surface area contributed by atoms with E-state index >= 15 is 0 Å². The summed E-state index contributed by atoms with van der Waals surface area (Å²) < 4.78 is 0. The van der Waals surface area contributed by atoms with Crippen molar-refractivity contribution in [3.63, 3.8) is 0 Å². The average molecular weight is 443 g/mol. The number of piperazine rings is 1. The van der Waals surface area contributed by atoms with Gasteiger partial charge in [0, 0.05) is 55.8 Å². The summed E-state index contributed by atoms with van der Waals surface area (Å²) in [6.45, 7) is 4.82. The molecule has 2 aromatic rings. The molecular weight excluding hydrogens is 416 g/mol. The van der Waals surface area contributed by atoms with E-state index in [0.29, 0.717) is 32.7 Å². The van der Waals surface area contributed by atoms with Crippen LogP contribution in [0, 0.1) is 0 Å². The highest BCUT2D eigenvalue weighted by Gasteiger charge is 2.29. The first-order chi connectivity index (χ1) is 14.9. The number of nitrogens with one attached hydrogen (secondary N) is 1. The number of aromatic amines is 1. The Balaban J connectivity index is 1.42. The van der Waals surface area contributed by atoms with Gasteiger partial charge in [-0.25, -0.2) is 0 Å². The SMILES string of the molecule is CCc1c(SC)[nH]c2c(CN3CCN(C(=O)CN4C(=O)C=CC4=O)CC3)c(O)ccc12. The number of rotatable bonds is 6. The van der Waals surface area contributed by atoms with E-state index in [1.165, 1.54) is 17.7 Å². The molecule has 0 radical (unpaired) electrons. The lowest BCUT2D eigenvalue weighted by Gasteiger charge is -2.35. The van der Waals surface area contributed by atoms with Gasteiger partial charge in [0.2, 0.25) is 5.91 Å². The van der Waals surface area contributed by atoms with Crippen LogP contribution in [0.1, 0.15) is 18.1 Å². The van der Waals surface area contributed by atoms with Crippen molar-refractivity contribution in [2.75, 3.05) is 39.0 Å². The highest BCUT2D eigenvalue weighted by atomic mass is 32.2. The van der Waals surface area contributed by atoms with Crippen molar-refractivity contribution in [3.05, 3.63) is 35.4 Å². The summed E-state index contributed by atoms with van der Waals surface area (Å²) in [6, 6.07) is 3.72. The first-order valence-electron chi connectivity index (χ1n) is 10.4. The normalized spacial score (nSPS) is 17.4. The van der Waals surface area contributed by atoms with E-state index in [-0.39, 0.29) is 18.2 Å². The first-order valence-corrected chi connectivity index (χ1v) is 11.6. The van der Waals surface area contributed by atoms with Crippen LogP contribution in [-0.4, -0.2) is 81.5 Å². The zero-order valence-corrected chi connectivity index (χ0v) is 18.5. The number of carbonyl (C=O) groups is 3. The number of phenolic OH excluding ortho intramolecular Hbond substituents is 1. The number of phenols is 1. The van der Waals surface area contributed by atoms with E-state index in [2.05, 4.69) is 16.8 Å². The number of H-pyrrole nitrogens is 1. The number of hydrogen-bond acceptors (Lipinski definition) is 6. The summed E-state index contributed by atoms with van der Waals surface area (Å²) in [5.74, 6) is -0.845. The summed E-state index contributed by atoms with van der Waals surface area (Å²) in [5, 5.41) is 12.8. The predicted octanol–water partition coefficient (Wildman–Crippen LogP) is 1.73. The van der Waals surface area contributed by atoms with Crippen molar-refractivity contribution in [2.45, 2.75) is 24.9 Å². The number of fused-ring (bicyclic) bond motifs is 1. The Labute approximate surface area is 184 Å². The lowest BCUT2D eigenvalue weighted by atomic mass is 10.1. The molecule has 0 unspecified atom stereocenters. The monoisotopic (exact) mass is 442 g/mol. The van der Waals surface area contributed by atoms with E-state index in [4.69, 9.17) is 0 Å². The Hall–Kier alpha value is -2.78. The fourth-order valence-corrected chi connectivity index (χ4v) is 4.93. The molecule has 1 aromatic heterocycles. The molecule has 8 nitrogen and oxygen atoms in total. The topological polar surface area (TPSA) is 97.0 Å². The minimum absolute atomic E-state index is 0.218. The third-order valence-corrected chi connectivity index (χ3v) is 6.74. The number of benzene rings is 1. The number of thioether (sulfide) groups is 1. The van der Waals surface area contributed by atoms with Crippen molar-refractivity contribution >= 4 is 40.4 Å². The van der Waals surface area contributed by atoms with Gasteiger partial charge in [-0.05, 0) is 30.4 Å². The molecule has 31 heavy (non-hydrogen) atoms. The van der Waals surface area contributed by atoms with Crippen LogP contribution in [0.5, 0.6) is 5.75 Å². The Morgan fingerprint density at radius 2 is 1.77 bits per heavy atom. The number of aromatic nitrogens is 1. The highest BCUT2D eigenvalue weighted by Crippen LogP contribution is 2.35. The highest BCUT2D eigenvalue weighted by molar-refractivity contribution is 7.98. The second kappa shape index (κ2) is 8.76. The molecule has 1 aromatic carbocycles. The molecule has 0 spiro atoms. The van der Waals surface area contributed by atoms with E-state index in [1.807, 2.05) is 12.3 Å². The van der Waals surface area contributed by atoms with Crippen molar-refractivity contribution in [1.29, 1.82) is 0 Å². The largest absolute Gasteiger partial charge is 0.508 e. The summed E-state index contributed by atoms with van der Waals surface area (Å²) in [4.78, 5) is 44.2. The third-order valence-electron chi connectivity index (χ3n) is 5.98. The molecule has 3 heterocycles. The van der Waals surface area contributed by atoms with Gasteiger partial charge in [-0.3, -0.25) is 24.2 Å². The van der Waals surface area contributed by atoms with Gasteiger partial charge < -0.3 is 15.0 Å². The van der Waals surface area contributed by atoms with Crippen molar-refractivity contribution in [3.8, 4) is 5.75 Å². The van der Waals surface area contributed by atoms with Gasteiger partial charge in [0.25, 0.3) is 11.8 Å². The lowest BCUT2D eigenvalue weighted by Crippen LogP contribution is -2.51. The van der Waals surface area contributed by atoms with Crippen LogP contribution in [0.15, 0.2) is 29.3 Å². The molecule has 0 aliphatic carbocycles. The van der Waals surface area contributed by atoms with Gasteiger partial charge in [-0.1, -0.05) is 6.92 Å². The number of amides is 3. The molecule has 3 amide bonds. The molecule has 1 saturated heterocycles. The van der Waals surface area contributed by atoms with Crippen LogP contribution in [0.2, 0.25) is 0 Å². The molecule has 1 fully saturated rings. The molecule has 2 aliphatic rings. The average Bonchev–Trinajstić information content (AvgIpc) is 3.30. The number of imide groups is 1. The van der Waals surface area contributed by atoms with Gasteiger partial charge in [-0.2, -0.15) is 0 Å². The maximum absolute atomic E-state index is 12.5. The van der Waals surface area contributed by atoms with Gasteiger partial charge in [0.05, 0.1) is 10.5 Å². The Kier molecular flexibility index (Phi) is 6.06. The Morgan fingerprint density at radius 1 is 1.10 bits per heavy atom. The number of hydrogen-bond donors (Lipinski definition) is 2. The predicted molar refractivity (Wildman–Crippen MR) is 119 cm³/mol. The lowest BCUT2D eigenvalue weighted by molar-refractivity contribution is -0.145. The van der Waals surface area contributed by atoms with Gasteiger partial charge in [0.1, 0.15) is 12.3 Å². The number of carbonyl (C=O) groups excluding carboxylic acids is 3. The fourth-order valence-electron chi connectivity index (χ4n) is 4.23. The molecule has 0 atom stereocenters. The molecule has 0 bridgehead atoms. The molecule has 9 heteroatoms. The standard InChI is InChI=1S/C22H26N4O4S/c1-3-14-15-4-5-17(27)16(21(15)23-22(14)31-2)12-24-8-10-25(11-9-24)20(30)13-26-18(28)6-7-19(26)29/h4-7,23,27H,3,8-13H2,1-2H3. The van der Waals surface area contributed by atoms with Gasteiger partial charge in [0.15, 0.2) is 0 Å². The number of nitrogens with zero attached hydrogens (tertiary/aromatic N) is 3. The summed E-state index contributed by atoms with van der Waals surface area (Å²) in [7, 11) is 0. The van der Waals surface area contributed by atoms with E-state index in [9.17, 15) is 19.5 Å². The minimum atomic E-state index is -0.442. The number of aryl methyl sites for hydroxylation is 1. The van der Waals surface area contributed by atoms with Crippen LogP contribution >= 0.6 is 11.8 Å².